The van der Waals surface area contributed by atoms with Crippen LogP contribution in [0, 0.1) is 0 Å². The molecule has 1 atom stereocenters. The van der Waals surface area contributed by atoms with Crippen molar-refractivity contribution in [2.75, 3.05) is 12.5 Å². The Morgan fingerprint density at radius 2 is 2.33 bits per heavy atom. The van der Waals surface area contributed by atoms with Crippen LogP contribution in [0.3, 0.4) is 0 Å². The van der Waals surface area contributed by atoms with E-state index in [9.17, 15) is 4.57 Å². The maximum atomic E-state index is 9.55. The third kappa shape index (κ3) is 9.31. The van der Waals surface area contributed by atoms with E-state index in [1.807, 2.05) is 0 Å². The number of rotatable bonds is 4. The first kappa shape index (κ1) is 12.9. The van der Waals surface area contributed by atoms with Crippen LogP contribution in [0.1, 0.15) is 0 Å². The van der Waals surface area contributed by atoms with Crippen molar-refractivity contribution in [3.8, 4) is 0 Å². The summed E-state index contributed by atoms with van der Waals surface area (Å²) in [6.45, 7) is 0.0224. The number of alkyl halides is 1. The van der Waals surface area contributed by atoms with Crippen LogP contribution in [0.15, 0.2) is 0 Å². The van der Waals surface area contributed by atoms with Crippen molar-refractivity contribution in [1.29, 1.82) is 0 Å². The van der Waals surface area contributed by atoms with E-state index in [4.69, 9.17) is 16.7 Å². The minimum atomic E-state index is -0.710. The summed E-state index contributed by atoms with van der Waals surface area (Å²) in [6.07, 6.45) is -0.710. The van der Waals surface area contributed by atoms with Crippen molar-refractivity contribution >= 4 is 49.8 Å². The molecule has 1 unspecified atom stereocenters. The number of halogens is 1. The van der Waals surface area contributed by atoms with Gasteiger partial charge in [-0.3, -0.25) is 4.52 Å². The molecule has 0 fully saturated rings. The molecule has 0 saturated heterocycles. The average molecular weight is 181 g/mol. The normalized spacial score (nSPS) is 12.7. The Morgan fingerprint density at radius 1 is 1.78 bits per heavy atom. The monoisotopic (exact) mass is 180 g/mol. The summed E-state index contributed by atoms with van der Waals surface area (Å²) < 4.78 is 13.8. The fourth-order valence-electron chi connectivity index (χ4n) is 0.161. The fraction of sp³-hybridized carbons (Fsp3) is 1.00. The van der Waals surface area contributed by atoms with Crippen molar-refractivity contribution in [3.05, 3.63) is 0 Å². The van der Waals surface area contributed by atoms with Gasteiger partial charge in [0.25, 0.3) is 0 Å². The van der Waals surface area contributed by atoms with Gasteiger partial charge in [-0.2, -0.15) is 0 Å². The van der Waals surface area contributed by atoms with E-state index in [0.29, 0.717) is 0 Å². The molecule has 0 aliphatic carbocycles. The molecule has 0 radical (unpaired) electrons. The molecule has 50 valence electrons. The van der Waals surface area contributed by atoms with Crippen LogP contribution in [0.5, 0.6) is 0 Å². The van der Waals surface area contributed by atoms with Crippen molar-refractivity contribution in [1.82, 2.24) is 0 Å². The van der Waals surface area contributed by atoms with Crippen LogP contribution in [-0.2, 0) is 9.09 Å². The predicted octanol–water partition coefficient (Wildman–Crippen LogP) is 0.161. The molecule has 1 N–H and O–H groups in total. The average Bonchev–Trinajstić information content (AvgIpc) is 1.83. The molecule has 0 heterocycles. The molecule has 0 rings (SSSR count). The first-order valence-corrected chi connectivity index (χ1v) is 3.26. The van der Waals surface area contributed by atoms with E-state index in [1.54, 1.807) is 0 Å². The Bertz CT molecular complexity index is 74.1. The summed E-state index contributed by atoms with van der Waals surface area (Å²) >= 11 is 5.15. The Hall–Kier alpha value is 1.31. The molecule has 0 aromatic heterocycles. The molecule has 0 spiro atoms. The van der Waals surface area contributed by atoms with Gasteiger partial charge in [-0.15, -0.1) is 11.6 Å². The minimum absolute atomic E-state index is 0. The van der Waals surface area contributed by atoms with E-state index in [0.717, 1.165) is 0 Å². The number of hydrogen-bond acceptors (Lipinski definition) is 3. The number of hydrogen-bond donors (Lipinski definition) is 1. The zero-order chi connectivity index (χ0) is 6.41. The molecule has 9 heavy (non-hydrogen) atoms. The van der Waals surface area contributed by atoms with E-state index >= 15 is 0 Å². The molecular weight excluding hydrogens is 173 g/mol. The molecule has 0 aliphatic rings. The van der Waals surface area contributed by atoms with Gasteiger partial charge in [0.15, 0.2) is 0 Å². The van der Waals surface area contributed by atoms with Crippen molar-refractivity contribution in [3.63, 3.8) is 0 Å². The third-order valence-corrected chi connectivity index (χ3v) is 1.11. The standard InChI is InChI=1S/C3H6ClO3P.Na.H/c4-1-3(5)2-7-8-6;;/h3,5H,1-2H2;;. The molecule has 0 aliphatic heterocycles. The summed E-state index contributed by atoms with van der Waals surface area (Å²) in [5.74, 6) is 0.107. The van der Waals surface area contributed by atoms with E-state index in [-0.39, 0.29) is 42.0 Å². The summed E-state index contributed by atoms with van der Waals surface area (Å²) in [5, 5.41) is 8.59. The SMILES string of the molecule is O=POCC(O)CCl.[NaH]. The quantitative estimate of drug-likeness (QED) is 0.381. The Morgan fingerprint density at radius 3 is 2.67 bits per heavy atom. The van der Waals surface area contributed by atoms with Gasteiger partial charge in [0.1, 0.15) is 0 Å². The van der Waals surface area contributed by atoms with Gasteiger partial charge >= 0.3 is 38.2 Å². The van der Waals surface area contributed by atoms with Crippen LogP contribution in [0.4, 0.5) is 0 Å². The molecule has 0 amide bonds. The van der Waals surface area contributed by atoms with Gasteiger partial charge in [-0.1, -0.05) is 0 Å². The van der Waals surface area contributed by atoms with Gasteiger partial charge in [-0.25, -0.2) is 4.57 Å². The summed E-state index contributed by atoms with van der Waals surface area (Å²) in [5.41, 5.74) is 0. The Balaban J connectivity index is 0. The van der Waals surface area contributed by atoms with Crippen LogP contribution < -0.4 is 0 Å². The second-order valence-electron chi connectivity index (χ2n) is 1.18. The van der Waals surface area contributed by atoms with Crippen molar-refractivity contribution < 1.29 is 14.2 Å². The van der Waals surface area contributed by atoms with E-state index in [1.165, 1.54) is 0 Å². The van der Waals surface area contributed by atoms with Gasteiger partial charge in [0.05, 0.1) is 18.6 Å². The first-order chi connectivity index (χ1) is 3.81. The maximum absolute atomic E-state index is 9.55. The van der Waals surface area contributed by atoms with Crippen LogP contribution in [-0.4, -0.2) is 53.3 Å². The molecule has 0 aromatic carbocycles. The molecule has 0 aromatic rings. The summed E-state index contributed by atoms with van der Waals surface area (Å²) in [6, 6.07) is 0. The zero-order valence-corrected chi connectivity index (χ0v) is 5.73. The molecule has 0 bridgehead atoms. The molecule has 6 heteroatoms. The molecule has 3 nitrogen and oxygen atoms in total. The second kappa shape index (κ2) is 9.31. The van der Waals surface area contributed by atoms with Crippen molar-refractivity contribution in [2.24, 2.45) is 0 Å². The van der Waals surface area contributed by atoms with Crippen LogP contribution in [0.2, 0.25) is 0 Å². The van der Waals surface area contributed by atoms with Gasteiger partial charge in [-0.05, 0) is 0 Å². The predicted molar refractivity (Wildman–Crippen MR) is 37.4 cm³/mol. The third-order valence-electron chi connectivity index (χ3n) is 0.498. The topological polar surface area (TPSA) is 46.5 Å². The number of aliphatic hydroxyl groups is 1. The Kier molecular flexibility index (Phi) is 13.4. The number of aliphatic hydroxyl groups excluding tert-OH is 1. The van der Waals surface area contributed by atoms with Gasteiger partial charge in [0.2, 0.25) is 0 Å². The summed E-state index contributed by atoms with van der Waals surface area (Å²) in [7, 11) is -0.419. The van der Waals surface area contributed by atoms with Crippen LogP contribution >= 0.6 is 20.3 Å². The second-order valence-corrected chi connectivity index (χ2v) is 1.89. The molecule has 0 saturated carbocycles. The zero-order valence-electron chi connectivity index (χ0n) is 4.08. The molecular formula is C3H7ClNaO3P. The fourth-order valence-corrected chi connectivity index (χ4v) is 0.483. The van der Waals surface area contributed by atoms with E-state index in [2.05, 4.69) is 4.52 Å². The Labute approximate surface area is 82.3 Å². The van der Waals surface area contributed by atoms with Crippen molar-refractivity contribution in [2.45, 2.75) is 6.10 Å². The van der Waals surface area contributed by atoms with E-state index < -0.39 is 14.8 Å². The van der Waals surface area contributed by atoms with Gasteiger partial charge in [0, 0.05) is 0 Å². The van der Waals surface area contributed by atoms with Gasteiger partial charge < -0.3 is 5.11 Å². The first-order valence-electron chi connectivity index (χ1n) is 2.00. The summed E-state index contributed by atoms with van der Waals surface area (Å²) in [4.78, 5) is 0. The van der Waals surface area contributed by atoms with Crippen LogP contribution in [0.25, 0.3) is 0 Å².